The van der Waals surface area contributed by atoms with Gasteiger partial charge in [-0.2, -0.15) is 0 Å². The van der Waals surface area contributed by atoms with Crippen LogP contribution in [0.1, 0.15) is 5.56 Å². The van der Waals surface area contributed by atoms with Gasteiger partial charge in [0.15, 0.2) is 0 Å². The minimum absolute atomic E-state index is 0.366. The Bertz CT molecular complexity index is 575. The van der Waals surface area contributed by atoms with Crippen LogP contribution in [-0.2, 0) is 11.3 Å². The van der Waals surface area contributed by atoms with Crippen molar-refractivity contribution >= 4 is 15.9 Å². The number of rotatable bonds is 7. The third-order valence-electron chi connectivity index (χ3n) is 2.70. The van der Waals surface area contributed by atoms with Gasteiger partial charge in [0.2, 0.25) is 5.88 Å². The van der Waals surface area contributed by atoms with Crippen LogP contribution in [0.4, 0.5) is 4.39 Å². The number of aromatic nitrogens is 1. The second kappa shape index (κ2) is 8.07. The van der Waals surface area contributed by atoms with Crippen molar-refractivity contribution in [2.75, 3.05) is 20.3 Å². The molecular weight excluding hydrogens is 339 g/mol. The van der Waals surface area contributed by atoms with Crippen molar-refractivity contribution in [2.24, 2.45) is 0 Å². The fourth-order valence-corrected chi connectivity index (χ4v) is 2.19. The van der Waals surface area contributed by atoms with Crippen molar-refractivity contribution < 1.29 is 13.9 Å². The molecule has 0 amide bonds. The summed E-state index contributed by atoms with van der Waals surface area (Å²) < 4.78 is 24.6. The van der Waals surface area contributed by atoms with E-state index in [-0.39, 0.29) is 5.82 Å². The monoisotopic (exact) mass is 354 g/mol. The first-order valence-electron chi connectivity index (χ1n) is 6.46. The van der Waals surface area contributed by atoms with Crippen LogP contribution in [0.15, 0.2) is 41.0 Å². The van der Waals surface area contributed by atoms with E-state index in [9.17, 15) is 4.39 Å². The Hall–Kier alpha value is -1.50. The van der Waals surface area contributed by atoms with E-state index >= 15 is 0 Å². The van der Waals surface area contributed by atoms with Gasteiger partial charge >= 0.3 is 0 Å². The van der Waals surface area contributed by atoms with Gasteiger partial charge in [-0.25, -0.2) is 9.37 Å². The Kier molecular flexibility index (Phi) is 6.10. The summed E-state index contributed by atoms with van der Waals surface area (Å²) in [7, 11) is 1.65. The molecule has 0 aliphatic carbocycles. The first-order valence-corrected chi connectivity index (χ1v) is 7.26. The van der Waals surface area contributed by atoms with E-state index in [1.165, 1.54) is 12.1 Å². The number of methoxy groups -OCH3 is 1. The SMILES string of the molecule is COCCNCc1cccnc1Oc1cc(F)cc(Br)c1. The van der Waals surface area contributed by atoms with Gasteiger partial charge in [-0.15, -0.1) is 0 Å². The summed E-state index contributed by atoms with van der Waals surface area (Å²) in [5, 5.41) is 3.22. The van der Waals surface area contributed by atoms with Gasteiger partial charge in [0, 0.05) is 42.5 Å². The van der Waals surface area contributed by atoms with E-state index < -0.39 is 0 Å². The second-order valence-electron chi connectivity index (χ2n) is 4.34. The summed E-state index contributed by atoms with van der Waals surface area (Å²) in [6.07, 6.45) is 1.64. The quantitative estimate of drug-likeness (QED) is 0.772. The molecule has 0 saturated heterocycles. The number of pyridine rings is 1. The summed E-state index contributed by atoms with van der Waals surface area (Å²) in [5.74, 6) is 0.494. The van der Waals surface area contributed by atoms with Crippen LogP contribution in [0, 0.1) is 5.82 Å². The van der Waals surface area contributed by atoms with Gasteiger partial charge in [-0.3, -0.25) is 0 Å². The summed E-state index contributed by atoms with van der Waals surface area (Å²) >= 11 is 3.24. The largest absolute Gasteiger partial charge is 0.439 e. The molecule has 112 valence electrons. The molecule has 1 heterocycles. The van der Waals surface area contributed by atoms with Gasteiger partial charge in [0.1, 0.15) is 11.6 Å². The maximum atomic E-state index is 13.4. The minimum Gasteiger partial charge on any atom is -0.439 e. The lowest BCUT2D eigenvalue weighted by molar-refractivity contribution is 0.199. The fraction of sp³-hybridized carbons (Fsp3) is 0.267. The number of benzene rings is 1. The van der Waals surface area contributed by atoms with Gasteiger partial charge in [-0.1, -0.05) is 22.0 Å². The third-order valence-corrected chi connectivity index (χ3v) is 3.16. The molecular formula is C15H16BrFN2O2. The first kappa shape index (κ1) is 15.9. The van der Waals surface area contributed by atoms with E-state index in [2.05, 4.69) is 26.2 Å². The molecule has 4 nitrogen and oxygen atoms in total. The van der Waals surface area contributed by atoms with Crippen LogP contribution in [0.5, 0.6) is 11.6 Å². The number of hydrogen-bond acceptors (Lipinski definition) is 4. The third kappa shape index (κ3) is 5.08. The summed E-state index contributed by atoms with van der Waals surface area (Å²) in [6, 6.07) is 8.14. The number of nitrogens with zero attached hydrogens (tertiary/aromatic N) is 1. The molecule has 0 atom stereocenters. The standard InChI is InChI=1S/C15H16BrFN2O2/c1-20-6-5-18-10-11-3-2-4-19-15(11)21-14-8-12(16)7-13(17)9-14/h2-4,7-9,18H,5-6,10H2,1H3. The highest BCUT2D eigenvalue weighted by Crippen LogP contribution is 2.26. The molecule has 0 fully saturated rings. The Balaban J connectivity index is 2.08. The highest BCUT2D eigenvalue weighted by Gasteiger charge is 2.07. The van der Waals surface area contributed by atoms with Gasteiger partial charge in [0.05, 0.1) is 6.61 Å². The molecule has 1 aromatic heterocycles. The van der Waals surface area contributed by atoms with Gasteiger partial charge in [-0.05, 0) is 18.2 Å². The Labute approximate surface area is 131 Å². The maximum absolute atomic E-state index is 13.4. The number of halogens is 2. The Morgan fingerprint density at radius 2 is 2.19 bits per heavy atom. The van der Waals surface area contributed by atoms with E-state index in [4.69, 9.17) is 9.47 Å². The summed E-state index contributed by atoms with van der Waals surface area (Å²) in [6.45, 7) is 1.96. The first-order chi connectivity index (χ1) is 10.2. The molecule has 0 saturated carbocycles. The molecule has 21 heavy (non-hydrogen) atoms. The lowest BCUT2D eigenvalue weighted by Crippen LogP contribution is -2.19. The molecule has 0 spiro atoms. The summed E-state index contributed by atoms with van der Waals surface area (Å²) in [4.78, 5) is 4.20. The Morgan fingerprint density at radius 3 is 2.95 bits per heavy atom. The smallest absolute Gasteiger partial charge is 0.223 e. The zero-order valence-corrected chi connectivity index (χ0v) is 13.2. The van der Waals surface area contributed by atoms with Crippen molar-refractivity contribution in [3.63, 3.8) is 0 Å². The molecule has 0 unspecified atom stereocenters. The molecule has 0 radical (unpaired) electrons. The fourth-order valence-electron chi connectivity index (χ4n) is 1.75. The topological polar surface area (TPSA) is 43.4 Å². The van der Waals surface area contributed by atoms with Crippen molar-refractivity contribution in [3.8, 4) is 11.6 Å². The van der Waals surface area contributed by atoms with Crippen LogP contribution >= 0.6 is 15.9 Å². The van der Waals surface area contributed by atoms with E-state index in [0.717, 1.165) is 12.1 Å². The maximum Gasteiger partial charge on any atom is 0.223 e. The average molecular weight is 355 g/mol. The number of hydrogen-bond donors (Lipinski definition) is 1. The van der Waals surface area contributed by atoms with Crippen molar-refractivity contribution in [3.05, 3.63) is 52.4 Å². The molecule has 0 aliphatic rings. The predicted octanol–water partition coefficient (Wildman–Crippen LogP) is 3.51. The molecule has 1 aromatic carbocycles. The molecule has 6 heteroatoms. The highest BCUT2D eigenvalue weighted by molar-refractivity contribution is 9.10. The lowest BCUT2D eigenvalue weighted by atomic mass is 10.2. The van der Waals surface area contributed by atoms with Crippen LogP contribution in [-0.4, -0.2) is 25.2 Å². The van der Waals surface area contributed by atoms with Crippen LogP contribution in [0.25, 0.3) is 0 Å². The van der Waals surface area contributed by atoms with Crippen molar-refractivity contribution in [1.82, 2.24) is 10.3 Å². The van der Waals surface area contributed by atoms with E-state index in [1.807, 2.05) is 12.1 Å². The molecule has 0 bridgehead atoms. The normalized spacial score (nSPS) is 10.6. The average Bonchev–Trinajstić information content (AvgIpc) is 2.44. The van der Waals surface area contributed by atoms with Gasteiger partial charge < -0.3 is 14.8 Å². The van der Waals surface area contributed by atoms with Gasteiger partial charge in [0.25, 0.3) is 0 Å². The number of ether oxygens (including phenoxy) is 2. The minimum atomic E-state index is -0.366. The van der Waals surface area contributed by atoms with E-state index in [0.29, 0.717) is 29.3 Å². The molecule has 1 N–H and O–H groups in total. The van der Waals surface area contributed by atoms with Crippen molar-refractivity contribution in [1.29, 1.82) is 0 Å². The van der Waals surface area contributed by atoms with Crippen molar-refractivity contribution in [2.45, 2.75) is 6.54 Å². The van der Waals surface area contributed by atoms with Crippen LogP contribution in [0.2, 0.25) is 0 Å². The molecule has 0 aliphatic heterocycles. The van der Waals surface area contributed by atoms with Crippen LogP contribution < -0.4 is 10.1 Å². The Morgan fingerprint density at radius 1 is 1.33 bits per heavy atom. The zero-order chi connectivity index (χ0) is 15.1. The highest BCUT2D eigenvalue weighted by atomic mass is 79.9. The lowest BCUT2D eigenvalue weighted by Gasteiger charge is -2.11. The van der Waals surface area contributed by atoms with Crippen LogP contribution in [0.3, 0.4) is 0 Å². The zero-order valence-electron chi connectivity index (χ0n) is 11.6. The van der Waals surface area contributed by atoms with E-state index in [1.54, 1.807) is 19.4 Å². The predicted molar refractivity (Wildman–Crippen MR) is 82.0 cm³/mol. The summed E-state index contributed by atoms with van der Waals surface area (Å²) in [5.41, 5.74) is 0.897. The second-order valence-corrected chi connectivity index (χ2v) is 5.26. The number of nitrogens with one attached hydrogen (secondary N) is 1. The molecule has 2 aromatic rings. The molecule has 2 rings (SSSR count).